The highest BCUT2D eigenvalue weighted by Gasteiger charge is 2.17. The molecule has 2 aromatic heterocycles. The number of methoxy groups -OCH3 is 1. The molecule has 0 spiro atoms. The van der Waals surface area contributed by atoms with Crippen LogP contribution in [0, 0.1) is 10.1 Å². The van der Waals surface area contributed by atoms with Crippen LogP contribution in [0.25, 0.3) is 0 Å². The van der Waals surface area contributed by atoms with Gasteiger partial charge in [0.25, 0.3) is 11.6 Å². The van der Waals surface area contributed by atoms with E-state index in [0.717, 1.165) is 0 Å². The molecule has 0 saturated carbocycles. The van der Waals surface area contributed by atoms with Gasteiger partial charge in [0.2, 0.25) is 0 Å². The number of furan rings is 1. The molecular formula is C22H18N4O6. The SMILES string of the molecule is COc1ccccc1Oc1cc(NC(=O)c2ccc(Cn3cccn3)o2)cc([N+](=O)[O-])c1. The van der Waals surface area contributed by atoms with Crippen molar-refractivity contribution < 1.29 is 23.6 Å². The minimum Gasteiger partial charge on any atom is -0.493 e. The number of carbonyl (C=O) groups is 1. The molecule has 0 atom stereocenters. The summed E-state index contributed by atoms with van der Waals surface area (Å²) < 4.78 is 18.2. The predicted molar refractivity (Wildman–Crippen MR) is 114 cm³/mol. The smallest absolute Gasteiger partial charge is 0.291 e. The van der Waals surface area contributed by atoms with Crippen LogP contribution < -0.4 is 14.8 Å². The van der Waals surface area contributed by atoms with E-state index in [1.165, 1.54) is 31.4 Å². The van der Waals surface area contributed by atoms with Gasteiger partial charge >= 0.3 is 0 Å². The summed E-state index contributed by atoms with van der Waals surface area (Å²) in [6.07, 6.45) is 3.41. The maximum Gasteiger partial charge on any atom is 0.291 e. The number of anilines is 1. The van der Waals surface area contributed by atoms with Crippen LogP contribution in [0.1, 0.15) is 16.3 Å². The zero-order valence-electron chi connectivity index (χ0n) is 16.9. The van der Waals surface area contributed by atoms with Crippen LogP contribution >= 0.6 is 0 Å². The lowest BCUT2D eigenvalue weighted by Crippen LogP contribution is -2.11. The van der Waals surface area contributed by atoms with Crippen molar-refractivity contribution in [1.29, 1.82) is 0 Å². The first-order valence-electron chi connectivity index (χ1n) is 9.49. The molecule has 4 rings (SSSR count). The first-order valence-corrected chi connectivity index (χ1v) is 9.49. The largest absolute Gasteiger partial charge is 0.493 e. The molecule has 0 bridgehead atoms. The highest BCUT2D eigenvalue weighted by Crippen LogP contribution is 2.34. The van der Waals surface area contributed by atoms with E-state index in [4.69, 9.17) is 13.9 Å². The van der Waals surface area contributed by atoms with Crippen molar-refractivity contribution in [3.8, 4) is 17.2 Å². The van der Waals surface area contributed by atoms with Crippen LogP contribution in [0.4, 0.5) is 11.4 Å². The fourth-order valence-corrected chi connectivity index (χ4v) is 2.98. The van der Waals surface area contributed by atoms with E-state index in [0.29, 0.717) is 23.8 Å². The number of rotatable bonds is 8. The third kappa shape index (κ3) is 4.75. The summed E-state index contributed by atoms with van der Waals surface area (Å²) in [4.78, 5) is 23.4. The number of amides is 1. The predicted octanol–water partition coefficient (Wildman–Crippen LogP) is 4.49. The molecule has 0 radical (unpaired) electrons. The van der Waals surface area contributed by atoms with Gasteiger partial charge in [0.15, 0.2) is 17.3 Å². The monoisotopic (exact) mass is 434 g/mol. The highest BCUT2D eigenvalue weighted by molar-refractivity contribution is 6.02. The van der Waals surface area contributed by atoms with E-state index < -0.39 is 10.8 Å². The molecule has 0 aliphatic rings. The number of hydrogen-bond acceptors (Lipinski definition) is 7. The lowest BCUT2D eigenvalue weighted by atomic mass is 10.2. The minimum atomic E-state index is -0.570. The second-order valence-electron chi connectivity index (χ2n) is 6.65. The Bertz CT molecular complexity index is 1250. The van der Waals surface area contributed by atoms with E-state index >= 15 is 0 Å². The molecule has 32 heavy (non-hydrogen) atoms. The lowest BCUT2D eigenvalue weighted by Gasteiger charge is -2.11. The number of nitrogens with zero attached hydrogens (tertiary/aromatic N) is 3. The molecular weight excluding hydrogens is 416 g/mol. The fourth-order valence-electron chi connectivity index (χ4n) is 2.98. The Morgan fingerprint density at radius 1 is 1.16 bits per heavy atom. The Labute approximate surface area is 182 Å². The summed E-state index contributed by atoms with van der Waals surface area (Å²) in [5.41, 5.74) is -0.0642. The van der Waals surface area contributed by atoms with Gasteiger partial charge in [0, 0.05) is 24.5 Å². The molecule has 0 unspecified atom stereocenters. The van der Waals surface area contributed by atoms with Gasteiger partial charge in [0.1, 0.15) is 11.5 Å². The van der Waals surface area contributed by atoms with Gasteiger partial charge < -0.3 is 19.2 Å². The van der Waals surface area contributed by atoms with Gasteiger partial charge in [-0.1, -0.05) is 12.1 Å². The summed E-state index contributed by atoms with van der Waals surface area (Å²) in [5.74, 6) is 1.05. The molecule has 10 heteroatoms. The minimum absolute atomic E-state index is 0.0610. The number of aromatic nitrogens is 2. The van der Waals surface area contributed by atoms with Crippen LogP contribution in [0.15, 0.2) is 77.5 Å². The first kappa shape index (κ1) is 20.7. The van der Waals surface area contributed by atoms with Crippen LogP contribution in [0.5, 0.6) is 17.2 Å². The topological polar surface area (TPSA) is 122 Å². The van der Waals surface area contributed by atoms with Crippen LogP contribution in [0.2, 0.25) is 0 Å². The fraction of sp³-hybridized carbons (Fsp3) is 0.0909. The van der Waals surface area contributed by atoms with Crippen molar-refractivity contribution in [2.75, 3.05) is 12.4 Å². The van der Waals surface area contributed by atoms with Gasteiger partial charge in [-0.05, 0) is 30.3 Å². The van der Waals surface area contributed by atoms with Crippen molar-refractivity contribution >= 4 is 17.3 Å². The molecule has 0 aliphatic heterocycles. The van der Waals surface area contributed by atoms with Gasteiger partial charge in [-0.3, -0.25) is 19.6 Å². The average molecular weight is 434 g/mol. The molecule has 0 saturated heterocycles. The number of nitrogens with one attached hydrogen (secondary N) is 1. The number of non-ortho nitro benzene ring substituents is 1. The lowest BCUT2D eigenvalue weighted by molar-refractivity contribution is -0.384. The second-order valence-corrected chi connectivity index (χ2v) is 6.65. The van der Waals surface area contributed by atoms with E-state index in [2.05, 4.69) is 10.4 Å². The molecule has 2 heterocycles. The van der Waals surface area contributed by atoms with Gasteiger partial charge in [-0.15, -0.1) is 0 Å². The van der Waals surface area contributed by atoms with Crippen molar-refractivity contribution in [3.63, 3.8) is 0 Å². The average Bonchev–Trinajstić information content (AvgIpc) is 3.46. The summed E-state index contributed by atoms with van der Waals surface area (Å²) in [6, 6.07) is 15.8. The normalized spacial score (nSPS) is 10.5. The molecule has 1 amide bonds. The van der Waals surface area contributed by atoms with Gasteiger partial charge in [-0.25, -0.2) is 0 Å². The highest BCUT2D eigenvalue weighted by atomic mass is 16.6. The molecule has 2 aromatic carbocycles. The van der Waals surface area contributed by atoms with Gasteiger partial charge in [0.05, 0.1) is 30.3 Å². The maximum atomic E-state index is 12.6. The van der Waals surface area contributed by atoms with Crippen molar-refractivity contribution in [1.82, 2.24) is 9.78 Å². The van der Waals surface area contributed by atoms with E-state index in [9.17, 15) is 14.9 Å². The Morgan fingerprint density at radius 3 is 2.69 bits per heavy atom. The Kier molecular flexibility index (Phi) is 5.84. The number of nitro benzene ring substituents is 1. The number of carbonyl (C=O) groups excluding carboxylic acids is 1. The number of benzene rings is 2. The van der Waals surface area contributed by atoms with Crippen molar-refractivity contribution in [2.24, 2.45) is 0 Å². The van der Waals surface area contributed by atoms with Crippen molar-refractivity contribution in [2.45, 2.75) is 6.54 Å². The zero-order valence-corrected chi connectivity index (χ0v) is 16.9. The molecule has 4 aromatic rings. The van der Waals surface area contributed by atoms with Crippen LogP contribution in [-0.4, -0.2) is 27.7 Å². The summed E-state index contributed by atoms with van der Waals surface area (Å²) in [6.45, 7) is 0.369. The Morgan fingerprint density at radius 2 is 1.97 bits per heavy atom. The molecule has 0 fully saturated rings. The first-order chi connectivity index (χ1) is 15.5. The van der Waals surface area contributed by atoms with E-state index in [1.807, 2.05) is 0 Å². The summed E-state index contributed by atoms with van der Waals surface area (Å²) in [5, 5.41) is 18.1. The van der Waals surface area contributed by atoms with E-state index in [-0.39, 0.29) is 22.9 Å². The molecule has 162 valence electrons. The molecule has 1 N–H and O–H groups in total. The second kappa shape index (κ2) is 9.04. The summed E-state index contributed by atoms with van der Waals surface area (Å²) >= 11 is 0. The number of ether oxygens (including phenoxy) is 2. The Hall–Kier alpha value is -4.60. The standard InChI is InChI=1S/C22H18N4O6/c1-30-19-5-2-3-6-20(19)32-18-12-15(11-16(13-18)26(28)29)24-22(27)21-8-7-17(31-21)14-25-10-4-9-23-25/h2-13H,14H2,1H3,(H,24,27). The van der Waals surface area contributed by atoms with Crippen LogP contribution in [-0.2, 0) is 6.54 Å². The van der Waals surface area contributed by atoms with E-state index in [1.54, 1.807) is 53.5 Å². The number of nitro groups is 1. The number of hydrogen-bond donors (Lipinski definition) is 1. The number of para-hydroxylation sites is 2. The summed E-state index contributed by atoms with van der Waals surface area (Å²) in [7, 11) is 1.49. The third-order valence-electron chi connectivity index (χ3n) is 4.42. The van der Waals surface area contributed by atoms with Crippen molar-refractivity contribution in [3.05, 3.63) is 94.7 Å². The quantitative estimate of drug-likeness (QED) is 0.320. The Balaban J connectivity index is 1.54. The van der Waals surface area contributed by atoms with Gasteiger partial charge in [-0.2, -0.15) is 5.10 Å². The third-order valence-corrected chi connectivity index (χ3v) is 4.42. The molecule has 0 aliphatic carbocycles. The molecule has 10 nitrogen and oxygen atoms in total. The maximum absolute atomic E-state index is 12.6. The zero-order chi connectivity index (χ0) is 22.5. The van der Waals surface area contributed by atoms with Crippen LogP contribution in [0.3, 0.4) is 0 Å².